The van der Waals surface area contributed by atoms with Crippen LogP contribution >= 0.6 is 11.6 Å². The third kappa shape index (κ3) is 4.41. The van der Waals surface area contributed by atoms with E-state index in [0.717, 1.165) is 12.8 Å². The average Bonchev–Trinajstić information content (AvgIpc) is 3.07. The molecule has 1 fully saturated rings. The standard InChI is InChI=1S/C21H25ClFN7O/c1-11(2)26-20-25-10-16-19(29-20)30(13-8-6-12(7-9-13)18(24)31)21(27-16)28-17-14(22)4-3-5-15(17)23/h3-5,10-13H,6-9H2,1-2H3,(H2,24,31)(H,27,28)(H,25,26,29). The quantitative estimate of drug-likeness (QED) is 0.518. The van der Waals surface area contributed by atoms with E-state index in [1.807, 2.05) is 18.4 Å². The van der Waals surface area contributed by atoms with Gasteiger partial charge >= 0.3 is 0 Å². The van der Waals surface area contributed by atoms with E-state index in [0.29, 0.717) is 35.9 Å². The third-order valence-electron chi connectivity index (χ3n) is 5.51. The molecule has 0 spiro atoms. The molecule has 0 unspecified atom stereocenters. The van der Waals surface area contributed by atoms with Gasteiger partial charge in [0, 0.05) is 18.0 Å². The van der Waals surface area contributed by atoms with Crippen molar-refractivity contribution in [2.24, 2.45) is 11.7 Å². The predicted molar refractivity (Wildman–Crippen MR) is 119 cm³/mol. The molecule has 8 nitrogen and oxygen atoms in total. The molecular formula is C21H25ClFN7O. The van der Waals surface area contributed by atoms with Crippen molar-refractivity contribution in [3.63, 3.8) is 0 Å². The number of imidazole rings is 1. The van der Waals surface area contributed by atoms with Crippen LogP contribution in [0.25, 0.3) is 11.2 Å². The Hall–Kier alpha value is -2.94. The number of hydrogen-bond acceptors (Lipinski definition) is 6. The molecule has 1 aromatic carbocycles. The number of nitrogens with one attached hydrogen (secondary N) is 2. The van der Waals surface area contributed by atoms with Gasteiger partial charge in [0.25, 0.3) is 0 Å². The molecule has 0 saturated heterocycles. The Morgan fingerprint density at radius 3 is 2.65 bits per heavy atom. The molecule has 4 N–H and O–H groups in total. The van der Waals surface area contributed by atoms with E-state index >= 15 is 0 Å². The summed E-state index contributed by atoms with van der Waals surface area (Å²) < 4.78 is 16.4. The first-order chi connectivity index (χ1) is 14.8. The van der Waals surface area contributed by atoms with Crippen LogP contribution in [0.3, 0.4) is 0 Å². The van der Waals surface area contributed by atoms with Crippen LogP contribution in [0.5, 0.6) is 0 Å². The number of primary amides is 1. The lowest BCUT2D eigenvalue weighted by Gasteiger charge is -2.29. The number of para-hydroxylation sites is 1. The van der Waals surface area contributed by atoms with Gasteiger partial charge in [0.05, 0.1) is 16.9 Å². The van der Waals surface area contributed by atoms with Crippen molar-refractivity contribution in [3.05, 3.63) is 35.2 Å². The van der Waals surface area contributed by atoms with Gasteiger partial charge in [-0.05, 0) is 51.7 Å². The molecule has 0 bridgehead atoms. The van der Waals surface area contributed by atoms with Crippen LogP contribution in [0.1, 0.15) is 45.6 Å². The molecule has 10 heteroatoms. The van der Waals surface area contributed by atoms with Crippen LogP contribution in [0, 0.1) is 11.7 Å². The number of carbonyl (C=O) groups is 1. The van der Waals surface area contributed by atoms with E-state index in [1.54, 1.807) is 18.3 Å². The van der Waals surface area contributed by atoms with Gasteiger partial charge in [-0.3, -0.25) is 9.36 Å². The summed E-state index contributed by atoms with van der Waals surface area (Å²) in [6.45, 7) is 4.01. The molecule has 1 aliphatic carbocycles. The maximum absolute atomic E-state index is 14.4. The van der Waals surface area contributed by atoms with Gasteiger partial charge in [-0.25, -0.2) is 14.4 Å². The number of nitrogens with zero attached hydrogens (tertiary/aromatic N) is 4. The van der Waals surface area contributed by atoms with Crippen LogP contribution in [0.15, 0.2) is 24.4 Å². The summed E-state index contributed by atoms with van der Waals surface area (Å²) in [6, 6.07) is 4.68. The second-order valence-corrected chi connectivity index (χ2v) is 8.54. The minimum Gasteiger partial charge on any atom is -0.369 e. The Bertz CT molecular complexity index is 1090. The lowest BCUT2D eigenvalue weighted by Crippen LogP contribution is -2.28. The summed E-state index contributed by atoms with van der Waals surface area (Å²) in [5.41, 5.74) is 6.87. The van der Waals surface area contributed by atoms with E-state index < -0.39 is 5.82 Å². The summed E-state index contributed by atoms with van der Waals surface area (Å²) in [5.74, 6) is 0.0506. The van der Waals surface area contributed by atoms with Crippen molar-refractivity contribution in [3.8, 4) is 0 Å². The van der Waals surface area contributed by atoms with Crippen molar-refractivity contribution < 1.29 is 9.18 Å². The monoisotopic (exact) mass is 445 g/mol. The number of fused-ring (bicyclic) bond motifs is 1. The van der Waals surface area contributed by atoms with Gasteiger partial charge in [0.15, 0.2) is 5.65 Å². The lowest BCUT2D eigenvalue weighted by atomic mass is 9.85. The zero-order valence-electron chi connectivity index (χ0n) is 17.4. The van der Waals surface area contributed by atoms with E-state index in [-0.39, 0.29) is 34.6 Å². The predicted octanol–water partition coefficient (Wildman–Crippen LogP) is 4.40. The SMILES string of the molecule is CC(C)Nc1ncc2nc(Nc3c(F)cccc3Cl)n(C3CCC(C(N)=O)CC3)c2n1. The number of rotatable bonds is 6. The first-order valence-electron chi connectivity index (χ1n) is 10.4. The lowest BCUT2D eigenvalue weighted by molar-refractivity contribution is -0.122. The highest BCUT2D eigenvalue weighted by atomic mass is 35.5. The van der Waals surface area contributed by atoms with Gasteiger partial charge in [0.1, 0.15) is 11.3 Å². The van der Waals surface area contributed by atoms with Gasteiger partial charge in [-0.1, -0.05) is 17.7 Å². The molecule has 3 aromatic rings. The van der Waals surface area contributed by atoms with Crippen molar-refractivity contribution >= 4 is 46.3 Å². The van der Waals surface area contributed by atoms with Crippen LogP contribution in [-0.2, 0) is 4.79 Å². The van der Waals surface area contributed by atoms with Gasteiger partial charge < -0.3 is 16.4 Å². The molecule has 0 aliphatic heterocycles. The highest BCUT2D eigenvalue weighted by Gasteiger charge is 2.29. The number of hydrogen-bond donors (Lipinski definition) is 3. The van der Waals surface area contributed by atoms with E-state index in [2.05, 4.69) is 25.6 Å². The molecule has 4 rings (SSSR count). The minimum atomic E-state index is -0.475. The number of aromatic nitrogens is 4. The largest absolute Gasteiger partial charge is 0.369 e. The Kier molecular flexibility index (Phi) is 5.95. The van der Waals surface area contributed by atoms with Gasteiger partial charge in [-0.2, -0.15) is 4.98 Å². The van der Waals surface area contributed by atoms with Crippen LogP contribution in [0.4, 0.5) is 22.0 Å². The fourth-order valence-electron chi connectivity index (χ4n) is 4.00. The summed E-state index contributed by atoms with van der Waals surface area (Å²) in [5, 5.41) is 6.51. The summed E-state index contributed by atoms with van der Waals surface area (Å²) in [4.78, 5) is 25.2. The molecule has 1 aliphatic rings. The molecule has 0 radical (unpaired) electrons. The minimum absolute atomic E-state index is 0.0236. The molecular weight excluding hydrogens is 421 g/mol. The van der Waals surface area contributed by atoms with Crippen molar-refractivity contribution in [2.75, 3.05) is 10.6 Å². The maximum atomic E-state index is 14.4. The van der Waals surface area contributed by atoms with Gasteiger partial charge in [-0.15, -0.1) is 0 Å². The van der Waals surface area contributed by atoms with Crippen molar-refractivity contribution in [2.45, 2.75) is 51.6 Å². The van der Waals surface area contributed by atoms with E-state index in [4.69, 9.17) is 17.3 Å². The van der Waals surface area contributed by atoms with Crippen molar-refractivity contribution in [1.82, 2.24) is 19.5 Å². The van der Waals surface area contributed by atoms with Crippen LogP contribution in [0.2, 0.25) is 5.02 Å². The third-order valence-corrected chi connectivity index (χ3v) is 5.83. The fraction of sp³-hybridized carbons (Fsp3) is 0.429. The zero-order valence-corrected chi connectivity index (χ0v) is 18.2. The second kappa shape index (κ2) is 8.66. The normalized spacial score (nSPS) is 19.0. The van der Waals surface area contributed by atoms with E-state index in [1.165, 1.54) is 6.07 Å². The number of amides is 1. The average molecular weight is 446 g/mol. The Morgan fingerprint density at radius 2 is 2.00 bits per heavy atom. The molecule has 2 aromatic heterocycles. The number of nitrogens with two attached hydrogens (primary N) is 1. The topological polar surface area (TPSA) is 111 Å². The Balaban J connectivity index is 1.77. The summed E-state index contributed by atoms with van der Waals surface area (Å²) >= 11 is 6.22. The summed E-state index contributed by atoms with van der Waals surface area (Å²) in [7, 11) is 0. The first-order valence-corrected chi connectivity index (χ1v) is 10.7. The molecule has 1 saturated carbocycles. The molecule has 164 valence electrons. The molecule has 31 heavy (non-hydrogen) atoms. The maximum Gasteiger partial charge on any atom is 0.224 e. The number of benzene rings is 1. The molecule has 1 amide bonds. The smallest absolute Gasteiger partial charge is 0.224 e. The molecule has 0 atom stereocenters. The van der Waals surface area contributed by atoms with Crippen LogP contribution in [-0.4, -0.2) is 31.5 Å². The van der Waals surface area contributed by atoms with Crippen LogP contribution < -0.4 is 16.4 Å². The first kappa shape index (κ1) is 21.3. The Morgan fingerprint density at radius 1 is 1.26 bits per heavy atom. The summed E-state index contributed by atoms with van der Waals surface area (Å²) in [6.07, 6.45) is 4.47. The van der Waals surface area contributed by atoms with E-state index in [9.17, 15) is 9.18 Å². The number of halogens is 2. The number of carbonyl (C=O) groups excluding carboxylic acids is 1. The van der Waals surface area contributed by atoms with Gasteiger partial charge in [0.2, 0.25) is 17.8 Å². The van der Waals surface area contributed by atoms with Crippen molar-refractivity contribution in [1.29, 1.82) is 0 Å². The number of anilines is 3. The highest BCUT2D eigenvalue weighted by molar-refractivity contribution is 6.33. The zero-order chi connectivity index (χ0) is 22.1. The fourth-order valence-corrected chi connectivity index (χ4v) is 4.21. The second-order valence-electron chi connectivity index (χ2n) is 8.14. The Labute approximate surface area is 184 Å². The highest BCUT2D eigenvalue weighted by Crippen LogP contribution is 2.38. The molecule has 2 heterocycles.